The van der Waals surface area contributed by atoms with Gasteiger partial charge in [0.25, 0.3) is 0 Å². The van der Waals surface area contributed by atoms with E-state index in [1.165, 1.54) is 12.1 Å². The fraction of sp³-hybridized carbons (Fsp3) is 0.167. The SMILES string of the molecule is COC(=O)/C=C(/C(=O)OC)c1cc(O)ccc1O. The molecule has 6 nitrogen and oxygen atoms in total. The van der Waals surface area contributed by atoms with Gasteiger partial charge in [0.2, 0.25) is 0 Å². The monoisotopic (exact) mass is 252 g/mol. The Balaban J connectivity index is 3.34. The van der Waals surface area contributed by atoms with Gasteiger partial charge in [-0.05, 0) is 18.2 Å². The molecular formula is C12H12O6. The molecule has 96 valence electrons. The molecule has 0 amide bonds. The quantitative estimate of drug-likeness (QED) is 0.470. The summed E-state index contributed by atoms with van der Waals surface area (Å²) in [5.41, 5.74) is -0.231. The van der Waals surface area contributed by atoms with Crippen LogP contribution in [0.4, 0.5) is 0 Å². The fourth-order valence-electron chi connectivity index (χ4n) is 1.27. The van der Waals surface area contributed by atoms with E-state index in [1.807, 2.05) is 0 Å². The van der Waals surface area contributed by atoms with Crippen LogP contribution in [-0.4, -0.2) is 36.4 Å². The molecule has 0 radical (unpaired) electrons. The zero-order valence-electron chi connectivity index (χ0n) is 9.84. The average Bonchev–Trinajstić information content (AvgIpc) is 2.37. The maximum Gasteiger partial charge on any atom is 0.338 e. The van der Waals surface area contributed by atoms with E-state index in [1.54, 1.807) is 0 Å². The molecule has 0 aliphatic heterocycles. The van der Waals surface area contributed by atoms with Crippen LogP contribution in [0, 0.1) is 0 Å². The number of carbonyl (C=O) groups excluding carboxylic acids is 2. The minimum atomic E-state index is -0.832. The first-order valence-corrected chi connectivity index (χ1v) is 4.90. The molecule has 0 bridgehead atoms. The van der Waals surface area contributed by atoms with E-state index in [-0.39, 0.29) is 22.6 Å². The molecule has 0 saturated carbocycles. The Morgan fingerprint density at radius 2 is 1.83 bits per heavy atom. The summed E-state index contributed by atoms with van der Waals surface area (Å²) in [6, 6.07) is 3.58. The van der Waals surface area contributed by atoms with Crippen molar-refractivity contribution in [2.75, 3.05) is 14.2 Å². The first-order valence-electron chi connectivity index (χ1n) is 4.90. The molecule has 0 unspecified atom stereocenters. The van der Waals surface area contributed by atoms with Gasteiger partial charge in [0, 0.05) is 11.6 Å². The zero-order chi connectivity index (χ0) is 13.7. The number of aromatic hydroxyl groups is 2. The number of hydrogen-bond acceptors (Lipinski definition) is 6. The first-order chi connectivity index (χ1) is 8.49. The third kappa shape index (κ3) is 3.00. The van der Waals surface area contributed by atoms with Gasteiger partial charge in [-0.2, -0.15) is 0 Å². The maximum atomic E-state index is 11.5. The summed E-state index contributed by atoms with van der Waals surface area (Å²) in [4.78, 5) is 22.7. The Hall–Kier alpha value is -2.50. The van der Waals surface area contributed by atoms with Crippen LogP contribution < -0.4 is 0 Å². The highest BCUT2D eigenvalue weighted by molar-refractivity contribution is 6.21. The second kappa shape index (κ2) is 5.72. The number of benzene rings is 1. The maximum absolute atomic E-state index is 11.5. The van der Waals surface area contributed by atoms with Gasteiger partial charge in [-0.25, -0.2) is 9.59 Å². The minimum absolute atomic E-state index is 0.0211. The lowest BCUT2D eigenvalue weighted by atomic mass is 10.0. The third-order valence-electron chi connectivity index (χ3n) is 2.14. The van der Waals surface area contributed by atoms with E-state index in [2.05, 4.69) is 9.47 Å². The molecule has 0 aromatic heterocycles. The Morgan fingerprint density at radius 3 is 2.39 bits per heavy atom. The molecule has 18 heavy (non-hydrogen) atoms. The molecule has 0 saturated heterocycles. The zero-order valence-corrected chi connectivity index (χ0v) is 9.84. The highest BCUT2D eigenvalue weighted by atomic mass is 16.5. The van der Waals surface area contributed by atoms with Crippen LogP contribution >= 0.6 is 0 Å². The van der Waals surface area contributed by atoms with Gasteiger partial charge in [0.05, 0.1) is 19.8 Å². The third-order valence-corrected chi connectivity index (χ3v) is 2.14. The van der Waals surface area contributed by atoms with Crippen LogP contribution in [0.25, 0.3) is 5.57 Å². The number of esters is 2. The van der Waals surface area contributed by atoms with Crippen molar-refractivity contribution in [2.45, 2.75) is 0 Å². The fourth-order valence-corrected chi connectivity index (χ4v) is 1.27. The molecule has 1 rings (SSSR count). The number of phenols is 2. The summed E-state index contributed by atoms with van der Waals surface area (Å²) in [6.45, 7) is 0. The Bertz CT molecular complexity index is 503. The highest BCUT2D eigenvalue weighted by Gasteiger charge is 2.18. The Morgan fingerprint density at radius 1 is 1.17 bits per heavy atom. The number of phenolic OH excluding ortho intramolecular Hbond substituents is 2. The smallest absolute Gasteiger partial charge is 0.338 e. The summed E-state index contributed by atoms with van der Waals surface area (Å²) in [5, 5.41) is 18.9. The van der Waals surface area contributed by atoms with E-state index in [0.717, 1.165) is 26.4 Å². The average molecular weight is 252 g/mol. The van der Waals surface area contributed by atoms with Gasteiger partial charge < -0.3 is 19.7 Å². The number of methoxy groups -OCH3 is 2. The molecule has 1 aromatic rings. The minimum Gasteiger partial charge on any atom is -0.508 e. The van der Waals surface area contributed by atoms with Gasteiger partial charge in [-0.3, -0.25) is 0 Å². The van der Waals surface area contributed by atoms with Gasteiger partial charge in [-0.1, -0.05) is 0 Å². The lowest BCUT2D eigenvalue weighted by Gasteiger charge is -2.08. The van der Waals surface area contributed by atoms with Gasteiger partial charge in [0.1, 0.15) is 11.5 Å². The van der Waals surface area contributed by atoms with Crippen LogP contribution in [0.15, 0.2) is 24.3 Å². The number of carbonyl (C=O) groups is 2. The molecular weight excluding hydrogens is 240 g/mol. The Labute approximate surface area is 103 Å². The van der Waals surface area contributed by atoms with Crippen molar-refractivity contribution >= 4 is 17.5 Å². The molecule has 6 heteroatoms. The highest BCUT2D eigenvalue weighted by Crippen LogP contribution is 2.29. The second-order valence-electron chi connectivity index (χ2n) is 3.27. The second-order valence-corrected chi connectivity index (χ2v) is 3.27. The van der Waals surface area contributed by atoms with E-state index < -0.39 is 11.9 Å². The Kier molecular flexibility index (Phi) is 4.31. The molecule has 0 aliphatic rings. The summed E-state index contributed by atoms with van der Waals surface area (Å²) in [5.74, 6) is -2.05. The molecule has 0 aliphatic carbocycles. The summed E-state index contributed by atoms with van der Waals surface area (Å²) in [6.07, 6.45) is 0.875. The normalized spacial score (nSPS) is 10.9. The molecule has 0 atom stereocenters. The van der Waals surface area contributed by atoms with Crippen molar-refractivity contribution in [1.29, 1.82) is 0 Å². The standard InChI is InChI=1S/C12H12O6/c1-17-11(15)6-9(12(16)18-2)8-5-7(13)3-4-10(8)14/h3-6,13-14H,1-2H3/b9-6+. The predicted molar refractivity (Wildman–Crippen MR) is 61.8 cm³/mol. The first kappa shape index (κ1) is 13.6. The predicted octanol–water partition coefficient (Wildman–Crippen LogP) is 0.827. The molecule has 0 heterocycles. The lowest BCUT2D eigenvalue weighted by molar-refractivity contribution is -0.136. The number of rotatable bonds is 3. The van der Waals surface area contributed by atoms with Crippen molar-refractivity contribution in [2.24, 2.45) is 0 Å². The van der Waals surface area contributed by atoms with Crippen LogP contribution in [-0.2, 0) is 19.1 Å². The number of ether oxygens (including phenoxy) is 2. The van der Waals surface area contributed by atoms with Gasteiger partial charge in [-0.15, -0.1) is 0 Å². The van der Waals surface area contributed by atoms with Crippen molar-refractivity contribution in [3.63, 3.8) is 0 Å². The summed E-state index contributed by atoms with van der Waals surface area (Å²) >= 11 is 0. The van der Waals surface area contributed by atoms with Crippen LogP contribution in [0.3, 0.4) is 0 Å². The van der Waals surface area contributed by atoms with E-state index in [4.69, 9.17) is 0 Å². The van der Waals surface area contributed by atoms with Crippen molar-refractivity contribution < 1.29 is 29.3 Å². The van der Waals surface area contributed by atoms with Crippen LogP contribution in [0.1, 0.15) is 5.56 Å². The van der Waals surface area contributed by atoms with Gasteiger partial charge in [0.15, 0.2) is 0 Å². The molecule has 1 aromatic carbocycles. The van der Waals surface area contributed by atoms with Crippen LogP contribution in [0.2, 0.25) is 0 Å². The van der Waals surface area contributed by atoms with E-state index in [9.17, 15) is 19.8 Å². The van der Waals surface area contributed by atoms with Gasteiger partial charge >= 0.3 is 11.9 Å². The lowest BCUT2D eigenvalue weighted by Crippen LogP contribution is -2.07. The van der Waals surface area contributed by atoms with Crippen molar-refractivity contribution in [1.82, 2.24) is 0 Å². The van der Waals surface area contributed by atoms with E-state index in [0.29, 0.717) is 0 Å². The largest absolute Gasteiger partial charge is 0.508 e. The molecule has 0 fully saturated rings. The van der Waals surface area contributed by atoms with Crippen molar-refractivity contribution in [3.8, 4) is 11.5 Å². The summed E-state index contributed by atoms with van der Waals surface area (Å²) in [7, 11) is 2.28. The molecule has 0 spiro atoms. The van der Waals surface area contributed by atoms with Crippen molar-refractivity contribution in [3.05, 3.63) is 29.8 Å². The van der Waals surface area contributed by atoms with E-state index >= 15 is 0 Å². The number of hydrogen-bond donors (Lipinski definition) is 2. The summed E-state index contributed by atoms with van der Waals surface area (Å²) < 4.78 is 8.90. The van der Waals surface area contributed by atoms with Crippen LogP contribution in [0.5, 0.6) is 11.5 Å². The topological polar surface area (TPSA) is 93.1 Å². The molecule has 2 N–H and O–H groups in total.